The zero-order valence-corrected chi connectivity index (χ0v) is 25.7. The first-order chi connectivity index (χ1) is 17.8. The minimum absolute atomic E-state index is 0.266. The van der Waals surface area contributed by atoms with Crippen molar-refractivity contribution in [1.29, 1.82) is 0 Å². The van der Waals surface area contributed by atoms with Crippen molar-refractivity contribution in [2.45, 2.75) is 53.1 Å². The fraction of sp³-hybridized carbons (Fsp3) is 0.250. The molecule has 0 heterocycles. The Morgan fingerprint density at radius 1 is 0.605 bits per heavy atom. The Morgan fingerprint density at radius 3 is 1.37 bits per heavy atom. The molecule has 4 nitrogen and oxygen atoms in total. The van der Waals surface area contributed by atoms with Crippen LogP contribution in [-0.4, -0.2) is 38.8 Å². The van der Waals surface area contributed by atoms with Gasteiger partial charge in [-0.15, -0.1) is 0 Å². The number of nitrogens with zero attached hydrogens (tertiary/aromatic N) is 2. The molecule has 0 atom stereocenters. The summed E-state index contributed by atoms with van der Waals surface area (Å²) in [5.74, 6) is 0.532. The molecule has 0 aromatic heterocycles. The monoisotopic (exact) mass is 538 g/mol. The van der Waals surface area contributed by atoms with Gasteiger partial charge in [-0.3, -0.25) is 9.98 Å². The highest BCUT2D eigenvalue weighted by Crippen LogP contribution is 2.35. The standard InChI is InChI=1S/C32H38N2O2Si2/c1-21-15-26(37(3,4)5)17-24(31(21)35)19-33-28-13-9-11-23-12-10-14-29(30(23)28)34-20-25-18-27(38(6,7)8)16-22(2)32(25)36/h9-20,35-36H,1-8H3. The van der Waals surface area contributed by atoms with Gasteiger partial charge in [0.25, 0.3) is 0 Å². The smallest absolute Gasteiger partial charge is 0.127 e. The van der Waals surface area contributed by atoms with Crippen molar-refractivity contribution < 1.29 is 10.2 Å². The summed E-state index contributed by atoms with van der Waals surface area (Å²) in [6.07, 6.45) is 3.52. The summed E-state index contributed by atoms with van der Waals surface area (Å²) in [4.78, 5) is 9.67. The molecule has 4 rings (SSSR count). The van der Waals surface area contributed by atoms with Crippen LogP contribution in [0.5, 0.6) is 11.5 Å². The average molecular weight is 539 g/mol. The predicted octanol–water partition coefficient (Wildman–Crippen LogP) is 7.46. The summed E-state index contributed by atoms with van der Waals surface area (Å²) in [5.41, 5.74) is 4.74. The summed E-state index contributed by atoms with van der Waals surface area (Å²) in [5, 5.41) is 26.0. The SMILES string of the molecule is Cc1cc([Si](C)(C)C)cc(C=Nc2cccc3cccc(N=Cc4cc([Si](C)(C)C)cc(C)c4O)c23)c1O. The quantitative estimate of drug-likeness (QED) is 0.198. The molecular formula is C32H38N2O2Si2. The van der Waals surface area contributed by atoms with Crippen LogP contribution in [-0.2, 0) is 0 Å². The van der Waals surface area contributed by atoms with Crippen molar-refractivity contribution >= 4 is 61.1 Å². The molecule has 0 aliphatic rings. The van der Waals surface area contributed by atoms with Crippen LogP contribution in [0.25, 0.3) is 10.8 Å². The lowest BCUT2D eigenvalue weighted by molar-refractivity contribution is 0.470. The second-order valence-corrected chi connectivity index (χ2v) is 22.3. The molecule has 4 aromatic rings. The summed E-state index contributed by atoms with van der Waals surface area (Å²) >= 11 is 0. The van der Waals surface area contributed by atoms with Gasteiger partial charge in [-0.2, -0.15) is 0 Å². The molecule has 2 N–H and O–H groups in total. The molecule has 0 aliphatic heterocycles. The number of hydrogen-bond donors (Lipinski definition) is 2. The lowest BCUT2D eigenvalue weighted by Gasteiger charge is -2.19. The molecular weight excluding hydrogens is 501 g/mol. The van der Waals surface area contributed by atoms with Crippen molar-refractivity contribution in [3.63, 3.8) is 0 Å². The second kappa shape index (κ2) is 10.3. The Bertz CT molecular complexity index is 1460. The molecule has 0 saturated carbocycles. The fourth-order valence-corrected chi connectivity index (χ4v) is 6.95. The summed E-state index contributed by atoms with van der Waals surface area (Å²) < 4.78 is 0. The van der Waals surface area contributed by atoms with E-state index in [0.717, 1.165) is 44.4 Å². The van der Waals surface area contributed by atoms with E-state index in [1.165, 1.54) is 10.4 Å². The van der Waals surface area contributed by atoms with Gasteiger partial charge >= 0.3 is 0 Å². The van der Waals surface area contributed by atoms with E-state index in [1.807, 2.05) is 50.2 Å². The first kappa shape index (κ1) is 27.5. The molecule has 0 fully saturated rings. The third-order valence-corrected chi connectivity index (χ3v) is 11.0. The molecule has 0 amide bonds. The van der Waals surface area contributed by atoms with Crippen LogP contribution in [0, 0.1) is 13.8 Å². The largest absolute Gasteiger partial charge is 0.507 e. The Morgan fingerprint density at radius 2 is 1.00 bits per heavy atom. The molecule has 0 unspecified atom stereocenters. The third kappa shape index (κ3) is 5.82. The molecule has 0 bridgehead atoms. The van der Waals surface area contributed by atoms with E-state index in [2.05, 4.69) is 63.5 Å². The van der Waals surface area contributed by atoms with Crippen LogP contribution in [0.4, 0.5) is 11.4 Å². The van der Waals surface area contributed by atoms with Crippen LogP contribution in [0.3, 0.4) is 0 Å². The number of hydrogen-bond acceptors (Lipinski definition) is 4. The second-order valence-electron chi connectivity index (χ2n) is 12.1. The van der Waals surface area contributed by atoms with E-state index in [4.69, 9.17) is 9.98 Å². The normalized spacial score (nSPS) is 12.7. The topological polar surface area (TPSA) is 65.2 Å². The number of rotatable bonds is 6. The maximum absolute atomic E-state index is 10.8. The molecule has 0 aliphatic carbocycles. The van der Waals surface area contributed by atoms with E-state index < -0.39 is 16.1 Å². The van der Waals surface area contributed by atoms with Gasteiger partial charge in [0.05, 0.1) is 27.5 Å². The van der Waals surface area contributed by atoms with E-state index in [1.54, 1.807) is 12.4 Å². The van der Waals surface area contributed by atoms with Crippen LogP contribution in [0.15, 0.2) is 70.6 Å². The van der Waals surface area contributed by atoms with Crippen LogP contribution >= 0.6 is 0 Å². The highest BCUT2D eigenvalue weighted by atomic mass is 28.3. The van der Waals surface area contributed by atoms with Crippen LogP contribution < -0.4 is 10.4 Å². The first-order valence-electron chi connectivity index (χ1n) is 13.0. The molecule has 38 heavy (non-hydrogen) atoms. The molecule has 0 radical (unpaired) electrons. The number of aliphatic imine (C=N–C) groups is 2. The Balaban J connectivity index is 1.80. The number of benzene rings is 4. The van der Waals surface area contributed by atoms with E-state index in [9.17, 15) is 10.2 Å². The van der Waals surface area contributed by atoms with Gasteiger partial charge in [-0.1, -0.05) is 98.2 Å². The molecule has 4 aromatic carbocycles. The van der Waals surface area contributed by atoms with Gasteiger partial charge in [-0.25, -0.2) is 0 Å². The average Bonchev–Trinajstić information content (AvgIpc) is 2.84. The highest BCUT2D eigenvalue weighted by Gasteiger charge is 2.20. The van der Waals surface area contributed by atoms with Gasteiger partial charge < -0.3 is 10.2 Å². The fourth-order valence-electron chi connectivity index (χ4n) is 4.47. The van der Waals surface area contributed by atoms with Gasteiger partial charge in [0.1, 0.15) is 11.5 Å². The summed E-state index contributed by atoms with van der Waals surface area (Å²) in [6.45, 7) is 17.7. The first-order valence-corrected chi connectivity index (χ1v) is 20.0. The highest BCUT2D eigenvalue weighted by molar-refractivity contribution is 6.89. The Hall–Kier alpha value is -3.49. The Labute approximate surface area is 228 Å². The van der Waals surface area contributed by atoms with Gasteiger partial charge in [0, 0.05) is 28.9 Å². The number of phenols is 2. The van der Waals surface area contributed by atoms with Crippen molar-refractivity contribution in [2.24, 2.45) is 9.98 Å². The van der Waals surface area contributed by atoms with Gasteiger partial charge in [0.2, 0.25) is 0 Å². The molecule has 0 spiro atoms. The number of aromatic hydroxyl groups is 2. The summed E-state index contributed by atoms with van der Waals surface area (Å²) in [7, 11) is -3.12. The maximum atomic E-state index is 10.8. The van der Waals surface area contributed by atoms with E-state index in [-0.39, 0.29) is 11.5 Å². The molecule has 6 heteroatoms. The number of aryl methyl sites for hydroxylation is 2. The van der Waals surface area contributed by atoms with E-state index in [0.29, 0.717) is 0 Å². The minimum Gasteiger partial charge on any atom is -0.507 e. The van der Waals surface area contributed by atoms with Crippen molar-refractivity contribution in [3.8, 4) is 11.5 Å². The third-order valence-electron chi connectivity index (χ3n) is 6.94. The number of phenolic OH excluding ortho intramolecular Hbond substituents is 2. The summed E-state index contributed by atoms with van der Waals surface area (Å²) in [6, 6.07) is 20.3. The minimum atomic E-state index is -1.56. The Kier molecular flexibility index (Phi) is 7.50. The van der Waals surface area contributed by atoms with Crippen molar-refractivity contribution in [3.05, 3.63) is 82.9 Å². The zero-order valence-electron chi connectivity index (χ0n) is 23.7. The molecule has 0 saturated heterocycles. The maximum Gasteiger partial charge on any atom is 0.127 e. The van der Waals surface area contributed by atoms with E-state index >= 15 is 0 Å². The predicted molar refractivity (Wildman–Crippen MR) is 170 cm³/mol. The lowest BCUT2D eigenvalue weighted by atomic mass is 10.1. The van der Waals surface area contributed by atoms with Crippen molar-refractivity contribution in [2.75, 3.05) is 0 Å². The number of fused-ring (bicyclic) bond motifs is 1. The van der Waals surface area contributed by atoms with Crippen LogP contribution in [0.2, 0.25) is 39.3 Å². The van der Waals surface area contributed by atoms with Gasteiger partial charge in [-0.05, 0) is 42.5 Å². The molecule has 196 valence electrons. The van der Waals surface area contributed by atoms with Crippen LogP contribution in [0.1, 0.15) is 22.3 Å². The zero-order chi connectivity index (χ0) is 27.8. The van der Waals surface area contributed by atoms with Crippen molar-refractivity contribution in [1.82, 2.24) is 0 Å². The van der Waals surface area contributed by atoms with Gasteiger partial charge in [0.15, 0.2) is 0 Å². The lowest BCUT2D eigenvalue weighted by Crippen LogP contribution is -2.38.